The van der Waals surface area contributed by atoms with Gasteiger partial charge >= 0.3 is 29.8 Å². The van der Waals surface area contributed by atoms with Gasteiger partial charge in [-0.15, -0.1) is 0 Å². The fourth-order valence-corrected chi connectivity index (χ4v) is 11.3. The number of benzene rings is 4. The normalized spacial score (nSPS) is 28.6. The molecule has 0 spiro atoms. The number of ether oxygens (including phenoxy) is 6. The summed E-state index contributed by atoms with van der Waals surface area (Å²) >= 11 is 0. The molecule has 3 unspecified atom stereocenters. The number of fused-ring (bicyclic) bond motifs is 5. The van der Waals surface area contributed by atoms with Crippen molar-refractivity contribution >= 4 is 47.3 Å². The molecule has 1 aliphatic heterocycles. The van der Waals surface area contributed by atoms with Gasteiger partial charge in [0.25, 0.3) is 5.91 Å². The van der Waals surface area contributed by atoms with Gasteiger partial charge in [-0.25, -0.2) is 14.4 Å². The lowest BCUT2D eigenvalue weighted by atomic mass is 9.44. The van der Waals surface area contributed by atoms with Crippen LogP contribution in [0.25, 0.3) is 0 Å². The van der Waals surface area contributed by atoms with Crippen LogP contribution >= 0.6 is 0 Å². The van der Waals surface area contributed by atoms with Gasteiger partial charge in [0, 0.05) is 43.2 Å². The molecule has 0 aromatic heterocycles. The summed E-state index contributed by atoms with van der Waals surface area (Å²) in [6.07, 6.45) is -11.0. The number of rotatable bonds is 13. The van der Waals surface area contributed by atoms with Crippen molar-refractivity contribution in [3.8, 4) is 0 Å². The van der Waals surface area contributed by atoms with Crippen LogP contribution in [0.1, 0.15) is 114 Å². The molecule has 4 aromatic rings. The molecular formula is C56H57NO16. The SMILES string of the molecule is CC(=O)O[C@H]1C(=O)[C@@]2(C)C(C(OC(=O)c3ccccc3)[C@]3(O)C[C@H](OC(=O)[C@H](OC(=O)c4ccc(C(C)=O)cc4)[C@@H](NC(=O)c4ccccc4)c4ccccc4)C(C)=C1C3(C)C)[C@]1(OC(C)=O)COC1C[C@@H]2O. The van der Waals surface area contributed by atoms with Gasteiger partial charge in [0.2, 0.25) is 6.10 Å². The minimum atomic E-state index is -2.49. The van der Waals surface area contributed by atoms with E-state index in [0.29, 0.717) is 11.1 Å². The summed E-state index contributed by atoms with van der Waals surface area (Å²) < 4.78 is 36.9. The van der Waals surface area contributed by atoms with E-state index < -0.39 is 119 Å². The molecule has 3 fully saturated rings. The number of amides is 1. The average molecular weight is 1000 g/mol. The minimum absolute atomic E-state index is 0.0342. The van der Waals surface area contributed by atoms with Gasteiger partial charge in [0.05, 0.1) is 35.2 Å². The van der Waals surface area contributed by atoms with Crippen molar-refractivity contribution < 1.29 is 77.0 Å². The first-order valence-electron chi connectivity index (χ1n) is 23.9. The highest BCUT2D eigenvalue weighted by atomic mass is 16.6. The van der Waals surface area contributed by atoms with Crippen LogP contribution in [0.15, 0.2) is 126 Å². The van der Waals surface area contributed by atoms with Crippen LogP contribution < -0.4 is 5.32 Å². The molecule has 0 radical (unpaired) electrons. The van der Waals surface area contributed by atoms with Gasteiger partial charge in [-0.05, 0) is 73.9 Å². The average Bonchev–Trinajstić information content (AvgIpc) is 3.36. The summed E-state index contributed by atoms with van der Waals surface area (Å²) in [5.41, 5.74) is -7.38. The summed E-state index contributed by atoms with van der Waals surface area (Å²) in [6.45, 7) is 9.17. The molecule has 3 aliphatic carbocycles. The van der Waals surface area contributed by atoms with E-state index in [1.807, 2.05) is 0 Å². The van der Waals surface area contributed by atoms with E-state index in [0.717, 1.165) is 13.8 Å². The molecule has 382 valence electrons. The fourth-order valence-electron chi connectivity index (χ4n) is 11.3. The Morgan fingerprint density at radius 1 is 0.712 bits per heavy atom. The molecular weight excluding hydrogens is 943 g/mol. The Bertz CT molecular complexity index is 2870. The number of aliphatic hydroxyl groups is 2. The van der Waals surface area contributed by atoms with E-state index in [4.69, 9.17) is 28.4 Å². The number of hydrogen-bond donors (Lipinski definition) is 3. The van der Waals surface area contributed by atoms with Gasteiger partial charge < -0.3 is 44.0 Å². The molecule has 73 heavy (non-hydrogen) atoms. The van der Waals surface area contributed by atoms with Crippen molar-refractivity contribution in [3.05, 3.63) is 154 Å². The van der Waals surface area contributed by atoms with Gasteiger partial charge in [-0.3, -0.25) is 24.0 Å². The predicted octanol–water partition coefficient (Wildman–Crippen LogP) is 5.80. The molecule has 1 heterocycles. The number of ketones is 2. The maximum Gasteiger partial charge on any atom is 0.350 e. The van der Waals surface area contributed by atoms with Gasteiger partial charge in [-0.2, -0.15) is 0 Å². The van der Waals surface area contributed by atoms with Gasteiger partial charge in [-0.1, -0.05) is 92.7 Å². The Labute approximate surface area is 421 Å². The highest BCUT2D eigenvalue weighted by Crippen LogP contribution is 2.64. The lowest BCUT2D eigenvalue weighted by Crippen LogP contribution is -2.82. The molecule has 3 N–H and O–H groups in total. The van der Waals surface area contributed by atoms with Crippen molar-refractivity contribution in [2.45, 2.75) is 115 Å². The first-order chi connectivity index (χ1) is 34.5. The number of nitrogens with one attached hydrogen (secondary N) is 1. The van der Waals surface area contributed by atoms with Crippen LogP contribution in [0.3, 0.4) is 0 Å². The van der Waals surface area contributed by atoms with E-state index in [-0.39, 0.29) is 46.6 Å². The summed E-state index contributed by atoms with van der Waals surface area (Å²) in [6, 6.07) is 28.0. The van der Waals surface area contributed by atoms with Crippen LogP contribution in [0.5, 0.6) is 0 Å². The fraction of sp³-hybridized carbons (Fsp3) is 0.393. The number of aliphatic hydroxyl groups excluding tert-OH is 1. The number of esters is 5. The largest absolute Gasteiger partial charge is 0.455 e. The number of hydrogen-bond acceptors (Lipinski definition) is 16. The van der Waals surface area contributed by atoms with E-state index in [1.54, 1.807) is 92.7 Å². The van der Waals surface area contributed by atoms with Gasteiger partial charge in [0.1, 0.15) is 30.0 Å². The molecule has 17 nitrogen and oxygen atoms in total. The summed E-state index contributed by atoms with van der Waals surface area (Å²) in [5.74, 6) is -8.47. The van der Waals surface area contributed by atoms with E-state index in [9.17, 15) is 39.0 Å². The van der Waals surface area contributed by atoms with E-state index in [1.165, 1.54) is 57.2 Å². The zero-order valence-electron chi connectivity index (χ0n) is 41.3. The second-order valence-corrected chi connectivity index (χ2v) is 19.9. The van der Waals surface area contributed by atoms with Crippen molar-refractivity contribution in [1.29, 1.82) is 0 Å². The van der Waals surface area contributed by atoms with Gasteiger partial charge in [0.15, 0.2) is 23.3 Å². The summed E-state index contributed by atoms with van der Waals surface area (Å²) in [4.78, 5) is 112. The Kier molecular flexibility index (Phi) is 14.2. The Morgan fingerprint density at radius 3 is 1.82 bits per heavy atom. The third kappa shape index (κ3) is 9.25. The zero-order valence-corrected chi connectivity index (χ0v) is 41.3. The smallest absolute Gasteiger partial charge is 0.350 e. The first-order valence-corrected chi connectivity index (χ1v) is 23.9. The second kappa shape index (κ2) is 19.9. The number of Topliss-reactive ketones (excluding diaryl/α,β-unsaturated/α-hetero) is 2. The van der Waals surface area contributed by atoms with Crippen molar-refractivity contribution in [2.24, 2.45) is 16.7 Å². The lowest BCUT2D eigenvalue weighted by Gasteiger charge is -2.67. The Hall–Kier alpha value is -7.34. The molecule has 2 saturated carbocycles. The van der Waals surface area contributed by atoms with Crippen molar-refractivity contribution in [3.63, 3.8) is 0 Å². The molecule has 17 heteroatoms. The third-order valence-electron chi connectivity index (χ3n) is 15.2. The quantitative estimate of drug-likeness (QED) is 0.0620. The Balaban J connectivity index is 1.31. The first kappa shape index (κ1) is 52.0. The molecule has 4 aromatic carbocycles. The van der Waals surface area contributed by atoms with E-state index >= 15 is 9.59 Å². The highest BCUT2D eigenvalue weighted by Gasteiger charge is 2.78. The number of carbonyl (C=O) groups is 8. The molecule has 2 bridgehead atoms. The highest BCUT2D eigenvalue weighted by molar-refractivity contribution is 5.98. The molecule has 11 atom stereocenters. The predicted molar refractivity (Wildman–Crippen MR) is 257 cm³/mol. The van der Waals surface area contributed by atoms with E-state index in [2.05, 4.69) is 5.32 Å². The maximum atomic E-state index is 15.8. The van der Waals surface area contributed by atoms with Crippen LogP contribution in [0.4, 0.5) is 0 Å². The summed E-state index contributed by atoms with van der Waals surface area (Å²) in [5, 5.41) is 29.0. The monoisotopic (exact) mass is 999 g/mol. The van der Waals surface area contributed by atoms with Crippen molar-refractivity contribution in [2.75, 3.05) is 6.61 Å². The zero-order chi connectivity index (χ0) is 52.8. The maximum absolute atomic E-state index is 15.8. The topological polar surface area (TPSA) is 244 Å². The molecule has 1 amide bonds. The molecule has 4 aliphatic rings. The molecule has 8 rings (SSSR count). The van der Waals surface area contributed by atoms with Crippen molar-refractivity contribution in [1.82, 2.24) is 5.32 Å². The van der Waals surface area contributed by atoms with Crippen LogP contribution in [-0.4, -0.2) is 112 Å². The third-order valence-corrected chi connectivity index (χ3v) is 15.2. The Morgan fingerprint density at radius 2 is 1.27 bits per heavy atom. The number of carbonyl (C=O) groups excluding carboxylic acids is 8. The van der Waals surface area contributed by atoms with Crippen LogP contribution in [-0.2, 0) is 47.6 Å². The van der Waals surface area contributed by atoms with Crippen LogP contribution in [0.2, 0.25) is 0 Å². The second-order valence-electron chi connectivity index (χ2n) is 19.9. The lowest BCUT2D eigenvalue weighted by molar-refractivity contribution is -0.346. The summed E-state index contributed by atoms with van der Waals surface area (Å²) in [7, 11) is 0. The minimum Gasteiger partial charge on any atom is -0.455 e. The molecule has 1 saturated heterocycles. The standard InChI is InChI=1S/C56H57NO16/c1-30-39(70-52(66)45(71-50(64)38-25-23-34(24-26-38)31(2)58)43(35-17-11-8-12-18-35)57-49(63)36-19-13-9-14-20-36)28-56(67)48(72-51(65)37-21-15-10-16-22-37)46-54(7,40(61)27-41-55(46,29-68-41)73-33(4)60)47(62)44(69-32(3)59)42(30)53(56,5)6/h8-26,39-41,43-46,48,61,67H,27-29H2,1-7H3,(H,57,63)/t39-,40-,41?,43-,44+,45+,46?,48?,54+,55-,56+/m0/s1. The van der Waals surface area contributed by atoms with Crippen LogP contribution in [0, 0.1) is 16.7 Å².